The largest absolute Gasteiger partial charge is 0.373 e. The quantitative estimate of drug-likeness (QED) is 0.851. The molecule has 1 atom stereocenters. The summed E-state index contributed by atoms with van der Waals surface area (Å²) in [4.78, 5) is 0. The number of rotatable bonds is 5. The third-order valence-corrected chi connectivity index (χ3v) is 3.75. The van der Waals surface area contributed by atoms with E-state index in [4.69, 9.17) is 4.74 Å². The summed E-state index contributed by atoms with van der Waals surface area (Å²) in [6.07, 6.45) is 8.83. The van der Waals surface area contributed by atoms with Crippen LogP contribution in [0.25, 0.3) is 0 Å². The average molecular weight is 237 g/mol. The summed E-state index contributed by atoms with van der Waals surface area (Å²) in [6, 6.07) is 0.249. The van der Waals surface area contributed by atoms with Gasteiger partial charge in [-0.15, -0.1) is 0 Å². The van der Waals surface area contributed by atoms with Crippen molar-refractivity contribution in [1.29, 1.82) is 0 Å². The van der Waals surface area contributed by atoms with Crippen LogP contribution in [0.5, 0.6) is 0 Å². The minimum absolute atomic E-state index is 0.0352. The lowest BCUT2D eigenvalue weighted by Crippen LogP contribution is -2.43. The van der Waals surface area contributed by atoms with E-state index < -0.39 is 0 Å². The van der Waals surface area contributed by atoms with E-state index >= 15 is 0 Å². The average Bonchev–Trinajstić information content (AvgIpc) is 2.91. The van der Waals surface area contributed by atoms with Crippen LogP contribution in [0.2, 0.25) is 0 Å². The van der Waals surface area contributed by atoms with Crippen molar-refractivity contribution in [2.75, 3.05) is 13.7 Å². The highest BCUT2D eigenvalue weighted by Gasteiger charge is 2.42. The molecule has 2 rings (SSSR count). The van der Waals surface area contributed by atoms with Crippen molar-refractivity contribution >= 4 is 0 Å². The lowest BCUT2D eigenvalue weighted by atomic mass is 9.88. The molecule has 96 valence electrons. The Labute approximate surface area is 103 Å². The monoisotopic (exact) mass is 237 g/mol. The minimum Gasteiger partial charge on any atom is -0.373 e. The highest BCUT2D eigenvalue weighted by atomic mass is 16.5. The van der Waals surface area contributed by atoms with E-state index in [1.54, 1.807) is 0 Å². The van der Waals surface area contributed by atoms with Gasteiger partial charge in [-0.1, -0.05) is 12.8 Å². The molecule has 0 bridgehead atoms. The molecule has 0 amide bonds. The summed E-state index contributed by atoms with van der Waals surface area (Å²) in [5.41, 5.74) is 1.19. The Morgan fingerprint density at radius 3 is 2.71 bits per heavy atom. The van der Waals surface area contributed by atoms with E-state index in [2.05, 4.69) is 23.5 Å². The molecule has 17 heavy (non-hydrogen) atoms. The molecule has 4 heteroatoms. The SMILES string of the molecule is CCOC1(C(NC)c2cnn(C)c2)CCCC1. The van der Waals surface area contributed by atoms with E-state index in [0.29, 0.717) is 0 Å². The third-order valence-electron chi connectivity index (χ3n) is 3.75. The molecule has 1 heterocycles. The van der Waals surface area contributed by atoms with Gasteiger partial charge in [-0.3, -0.25) is 4.68 Å². The molecule has 1 aliphatic rings. The molecule has 1 aliphatic carbocycles. The highest BCUT2D eigenvalue weighted by Crippen LogP contribution is 2.42. The fourth-order valence-electron chi connectivity index (χ4n) is 3.10. The van der Waals surface area contributed by atoms with Crippen LogP contribution in [-0.4, -0.2) is 29.0 Å². The van der Waals surface area contributed by atoms with Crippen molar-refractivity contribution in [3.63, 3.8) is 0 Å². The van der Waals surface area contributed by atoms with Gasteiger partial charge in [0.15, 0.2) is 0 Å². The maximum absolute atomic E-state index is 6.11. The van der Waals surface area contributed by atoms with Crippen LogP contribution in [0, 0.1) is 0 Å². The first-order valence-electron chi connectivity index (χ1n) is 6.51. The fourth-order valence-corrected chi connectivity index (χ4v) is 3.10. The Morgan fingerprint density at radius 2 is 2.24 bits per heavy atom. The normalized spacial score (nSPS) is 20.6. The van der Waals surface area contributed by atoms with Crippen molar-refractivity contribution in [2.45, 2.75) is 44.2 Å². The Hall–Kier alpha value is -0.870. The number of aryl methyl sites for hydroxylation is 1. The summed E-state index contributed by atoms with van der Waals surface area (Å²) in [5, 5.41) is 7.69. The summed E-state index contributed by atoms with van der Waals surface area (Å²) in [6.45, 7) is 2.86. The van der Waals surface area contributed by atoms with Gasteiger partial charge in [0, 0.05) is 25.4 Å². The molecule has 1 aromatic rings. The van der Waals surface area contributed by atoms with Crippen LogP contribution in [0.4, 0.5) is 0 Å². The molecule has 0 radical (unpaired) electrons. The molecular formula is C13H23N3O. The molecule has 1 N–H and O–H groups in total. The maximum atomic E-state index is 6.11. The zero-order chi connectivity index (χ0) is 12.3. The predicted octanol–water partition coefficient (Wildman–Crippen LogP) is 2.03. The summed E-state index contributed by atoms with van der Waals surface area (Å²) in [7, 11) is 3.97. The first kappa shape index (κ1) is 12.6. The van der Waals surface area contributed by atoms with Crippen LogP contribution in [-0.2, 0) is 11.8 Å². The van der Waals surface area contributed by atoms with E-state index in [1.807, 2.05) is 25.0 Å². The topological polar surface area (TPSA) is 39.1 Å². The molecule has 1 fully saturated rings. The van der Waals surface area contributed by atoms with Crippen LogP contribution >= 0.6 is 0 Å². The first-order valence-corrected chi connectivity index (χ1v) is 6.51. The molecule has 4 nitrogen and oxygen atoms in total. The number of likely N-dealkylation sites (N-methyl/N-ethyl adjacent to an activating group) is 1. The van der Waals surface area contributed by atoms with Gasteiger partial charge in [0.2, 0.25) is 0 Å². The number of hydrogen-bond donors (Lipinski definition) is 1. The fraction of sp³-hybridized carbons (Fsp3) is 0.769. The number of ether oxygens (including phenoxy) is 1. The van der Waals surface area contributed by atoms with Gasteiger partial charge in [-0.25, -0.2) is 0 Å². The lowest BCUT2D eigenvalue weighted by Gasteiger charge is -2.36. The standard InChI is InChI=1S/C13H23N3O/c1-4-17-13(7-5-6-8-13)12(14-2)11-9-15-16(3)10-11/h9-10,12,14H,4-8H2,1-3H3. The summed E-state index contributed by atoms with van der Waals surface area (Å²) < 4.78 is 7.96. The number of hydrogen-bond acceptors (Lipinski definition) is 3. The second-order valence-corrected chi connectivity index (χ2v) is 4.87. The molecular weight excluding hydrogens is 214 g/mol. The van der Waals surface area contributed by atoms with Gasteiger partial charge >= 0.3 is 0 Å². The van der Waals surface area contributed by atoms with Crippen LogP contribution < -0.4 is 5.32 Å². The van der Waals surface area contributed by atoms with Gasteiger partial charge in [0.25, 0.3) is 0 Å². The van der Waals surface area contributed by atoms with Crippen molar-refractivity contribution in [1.82, 2.24) is 15.1 Å². The number of nitrogens with one attached hydrogen (secondary N) is 1. The molecule has 0 saturated heterocycles. The molecule has 1 aromatic heterocycles. The first-order chi connectivity index (χ1) is 8.22. The Morgan fingerprint density at radius 1 is 1.53 bits per heavy atom. The molecule has 0 aromatic carbocycles. The predicted molar refractivity (Wildman–Crippen MR) is 67.8 cm³/mol. The van der Waals surface area contributed by atoms with Crippen LogP contribution in [0.3, 0.4) is 0 Å². The molecule has 1 unspecified atom stereocenters. The zero-order valence-electron chi connectivity index (χ0n) is 11.1. The lowest BCUT2D eigenvalue weighted by molar-refractivity contribution is -0.0610. The summed E-state index contributed by atoms with van der Waals surface area (Å²) >= 11 is 0. The van der Waals surface area contributed by atoms with E-state index in [9.17, 15) is 0 Å². The minimum atomic E-state index is -0.0352. The second-order valence-electron chi connectivity index (χ2n) is 4.87. The van der Waals surface area contributed by atoms with Crippen molar-refractivity contribution in [3.05, 3.63) is 18.0 Å². The molecule has 1 saturated carbocycles. The van der Waals surface area contributed by atoms with Crippen molar-refractivity contribution in [2.24, 2.45) is 7.05 Å². The van der Waals surface area contributed by atoms with Gasteiger partial charge in [-0.2, -0.15) is 5.10 Å². The van der Waals surface area contributed by atoms with Gasteiger partial charge < -0.3 is 10.1 Å². The van der Waals surface area contributed by atoms with Crippen LogP contribution in [0.15, 0.2) is 12.4 Å². The van der Waals surface area contributed by atoms with Gasteiger partial charge in [0.05, 0.1) is 17.8 Å². The van der Waals surface area contributed by atoms with Gasteiger partial charge in [-0.05, 0) is 26.8 Å². The van der Waals surface area contributed by atoms with Crippen molar-refractivity contribution < 1.29 is 4.74 Å². The zero-order valence-corrected chi connectivity index (χ0v) is 11.1. The Kier molecular flexibility index (Phi) is 3.84. The van der Waals surface area contributed by atoms with E-state index in [1.165, 1.54) is 18.4 Å². The molecule has 0 aliphatic heterocycles. The second kappa shape index (κ2) is 5.19. The van der Waals surface area contributed by atoms with E-state index in [0.717, 1.165) is 19.4 Å². The Bertz CT molecular complexity index is 355. The highest BCUT2D eigenvalue weighted by molar-refractivity contribution is 5.17. The smallest absolute Gasteiger partial charge is 0.0877 e. The Balaban J connectivity index is 2.26. The number of aromatic nitrogens is 2. The summed E-state index contributed by atoms with van der Waals surface area (Å²) in [5.74, 6) is 0. The van der Waals surface area contributed by atoms with Crippen LogP contribution in [0.1, 0.15) is 44.2 Å². The third kappa shape index (κ3) is 2.38. The number of nitrogens with zero attached hydrogens (tertiary/aromatic N) is 2. The van der Waals surface area contributed by atoms with Gasteiger partial charge in [0.1, 0.15) is 0 Å². The van der Waals surface area contributed by atoms with Crippen molar-refractivity contribution in [3.8, 4) is 0 Å². The van der Waals surface area contributed by atoms with E-state index in [-0.39, 0.29) is 11.6 Å². The molecule has 0 spiro atoms. The maximum Gasteiger partial charge on any atom is 0.0877 e.